The highest BCUT2D eigenvalue weighted by Crippen LogP contribution is 2.53. The zero-order valence-corrected chi connectivity index (χ0v) is 9.21. The number of phenols is 1. The van der Waals surface area contributed by atoms with Crippen LogP contribution in [0.25, 0.3) is 0 Å². The molecule has 0 spiro atoms. The summed E-state index contributed by atoms with van der Waals surface area (Å²) in [6, 6.07) is 2.28. The third-order valence-electron chi connectivity index (χ3n) is 2.71. The molecule has 0 radical (unpaired) electrons. The molecule has 5 heteroatoms. The van der Waals surface area contributed by atoms with Crippen LogP contribution in [0.1, 0.15) is 18.4 Å². The van der Waals surface area contributed by atoms with Gasteiger partial charge in [0.15, 0.2) is 0 Å². The van der Waals surface area contributed by atoms with Crippen molar-refractivity contribution in [2.24, 2.45) is 0 Å². The molecule has 1 aromatic rings. The summed E-state index contributed by atoms with van der Waals surface area (Å²) >= 11 is 3.02. The van der Waals surface area contributed by atoms with Gasteiger partial charge in [0.1, 0.15) is 11.6 Å². The van der Waals surface area contributed by atoms with Crippen molar-refractivity contribution in [2.45, 2.75) is 18.3 Å². The number of aromatic hydroxyl groups is 1. The summed E-state index contributed by atoms with van der Waals surface area (Å²) in [6.45, 7) is 0. The van der Waals surface area contributed by atoms with Crippen molar-refractivity contribution in [3.8, 4) is 5.75 Å². The number of carboxylic acids is 1. The van der Waals surface area contributed by atoms with Crippen molar-refractivity contribution in [3.05, 3.63) is 28.0 Å². The molecule has 0 bridgehead atoms. The molecule has 0 heterocycles. The Balaban J connectivity index is 2.62. The summed E-state index contributed by atoms with van der Waals surface area (Å²) < 4.78 is 13.7. The smallest absolute Gasteiger partial charge is 0.314 e. The van der Waals surface area contributed by atoms with E-state index in [1.165, 1.54) is 6.07 Å². The monoisotopic (exact) mass is 274 g/mol. The molecule has 2 N–H and O–H groups in total. The minimum absolute atomic E-state index is 0.0509. The Morgan fingerprint density at radius 3 is 2.53 bits per heavy atom. The average molecular weight is 275 g/mol. The Kier molecular flexibility index (Phi) is 2.22. The van der Waals surface area contributed by atoms with Crippen LogP contribution in [0.3, 0.4) is 0 Å². The summed E-state index contributed by atoms with van der Waals surface area (Å²) in [5.74, 6) is -1.79. The summed E-state index contributed by atoms with van der Waals surface area (Å²) in [7, 11) is 0. The number of carboxylic acid groups (broad SMARTS) is 1. The summed E-state index contributed by atoms with van der Waals surface area (Å²) in [5.41, 5.74) is -1.10. The molecule has 0 unspecified atom stereocenters. The molecule has 0 saturated heterocycles. The first kappa shape index (κ1) is 10.4. The maximum absolute atomic E-state index is 13.5. The normalized spacial score (nSPS) is 17.5. The maximum atomic E-state index is 13.5. The quantitative estimate of drug-likeness (QED) is 0.871. The number of aliphatic carboxylic acids is 1. The van der Waals surface area contributed by atoms with Gasteiger partial charge in [0.25, 0.3) is 0 Å². The van der Waals surface area contributed by atoms with Gasteiger partial charge in [-0.25, -0.2) is 4.39 Å². The largest absolute Gasteiger partial charge is 0.507 e. The maximum Gasteiger partial charge on any atom is 0.314 e. The second-order valence-corrected chi connectivity index (χ2v) is 4.44. The van der Waals surface area contributed by atoms with Gasteiger partial charge >= 0.3 is 5.97 Å². The summed E-state index contributed by atoms with van der Waals surface area (Å²) in [4.78, 5) is 11.0. The van der Waals surface area contributed by atoms with Crippen molar-refractivity contribution >= 4 is 21.9 Å². The average Bonchev–Trinajstić information content (AvgIpc) is 2.93. The molecule has 2 rings (SSSR count). The molecule has 0 atom stereocenters. The predicted molar refractivity (Wildman–Crippen MR) is 54.3 cm³/mol. The molecule has 1 aliphatic carbocycles. The van der Waals surface area contributed by atoms with Gasteiger partial charge in [0, 0.05) is 5.56 Å². The van der Waals surface area contributed by atoms with E-state index in [1.54, 1.807) is 0 Å². The third kappa shape index (κ3) is 1.42. The Hall–Kier alpha value is -1.10. The highest BCUT2D eigenvalue weighted by molar-refractivity contribution is 9.10. The lowest BCUT2D eigenvalue weighted by atomic mass is 9.95. The van der Waals surface area contributed by atoms with E-state index in [-0.39, 0.29) is 15.8 Å². The van der Waals surface area contributed by atoms with Crippen LogP contribution < -0.4 is 0 Å². The van der Waals surface area contributed by atoms with E-state index >= 15 is 0 Å². The lowest BCUT2D eigenvalue weighted by Crippen LogP contribution is -2.21. The SMILES string of the molecule is O=C(O)C1(c2c(F)ccc(O)c2Br)CC1. The zero-order valence-electron chi connectivity index (χ0n) is 7.63. The molecule has 1 aromatic carbocycles. The molecule has 15 heavy (non-hydrogen) atoms. The molecular formula is C10H8BrFO3. The van der Waals surface area contributed by atoms with Crippen LogP contribution in [0.15, 0.2) is 16.6 Å². The minimum Gasteiger partial charge on any atom is -0.507 e. The predicted octanol–water partition coefficient (Wildman–Crippen LogP) is 2.41. The highest BCUT2D eigenvalue weighted by Gasteiger charge is 2.54. The van der Waals surface area contributed by atoms with E-state index in [0.717, 1.165) is 6.07 Å². The number of carbonyl (C=O) groups is 1. The fourth-order valence-corrected chi connectivity index (χ4v) is 2.38. The third-order valence-corrected chi connectivity index (χ3v) is 3.51. The van der Waals surface area contributed by atoms with Crippen molar-refractivity contribution in [1.82, 2.24) is 0 Å². The van der Waals surface area contributed by atoms with Crippen molar-refractivity contribution < 1.29 is 19.4 Å². The molecule has 80 valence electrons. The first-order valence-corrected chi connectivity index (χ1v) is 5.19. The van der Waals surface area contributed by atoms with E-state index in [9.17, 15) is 14.3 Å². The van der Waals surface area contributed by atoms with E-state index in [2.05, 4.69) is 15.9 Å². The van der Waals surface area contributed by atoms with Crippen LogP contribution in [-0.2, 0) is 10.2 Å². The van der Waals surface area contributed by atoms with Crippen LogP contribution in [0.5, 0.6) is 5.75 Å². The number of rotatable bonds is 2. The second kappa shape index (κ2) is 3.20. The summed E-state index contributed by atoms with van der Waals surface area (Å²) in [5, 5.41) is 18.4. The molecule has 3 nitrogen and oxygen atoms in total. The van der Waals surface area contributed by atoms with Gasteiger partial charge in [-0.1, -0.05) is 0 Å². The van der Waals surface area contributed by atoms with Crippen molar-refractivity contribution in [3.63, 3.8) is 0 Å². The van der Waals surface area contributed by atoms with Crippen LogP contribution in [-0.4, -0.2) is 16.2 Å². The van der Waals surface area contributed by atoms with E-state index in [0.29, 0.717) is 12.8 Å². The number of halogens is 2. The van der Waals surface area contributed by atoms with Gasteiger partial charge in [-0.2, -0.15) is 0 Å². The number of hydrogen-bond acceptors (Lipinski definition) is 2. The number of benzene rings is 1. The van der Waals surface area contributed by atoms with Crippen LogP contribution >= 0.6 is 15.9 Å². The number of hydrogen-bond donors (Lipinski definition) is 2. The fraction of sp³-hybridized carbons (Fsp3) is 0.300. The Labute approximate surface area is 93.7 Å². The molecule has 1 fully saturated rings. The summed E-state index contributed by atoms with van der Waals surface area (Å²) in [6.07, 6.45) is 0.808. The van der Waals surface area contributed by atoms with Gasteiger partial charge < -0.3 is 10.2 Å². The Bertz CT molecular complexity index is 441. The van der Waals surface area contributed by atoms with Crippen molar-refractivity contribution in [1.29, 1.82) is 0 Å². The first-order valence-electron chi connectivity index (χ1n) is 4.40. The Morgan fingerprint density at radius 2 is 2.07 bits per heavy atom. The fourth-order valence-electron chi connectivity index (χ4n) is 1.68. The standard InChI is InChI=1S/C10H8BrFO3/c11-8-6(13)2-1-5(12)7(8)10(3-4-10)9(14)15/h1-2,13H,3-4H2,(H,14,15). The Morgan fingerprint density at radius 1 is 1.47 bits per heavy atom. The molecule has 1 aliphatic rings. The van der Waals surface area contributed by atoms with Gasteiger partial charge in [0.05, 0.1) is 9.89 Å². The van der Waals surface area contributed by atoms with Gasteiger partial charge in [-0.05, 0) is 40.9 Å². The lowest BCUT2D eigenvalue weighted by molar-refractivity contribution is -0.140. The molecule has 0 aliphatic heterocycles. The van der Waals surface area contributed by atoms with E-state index in [4.69, 9.17) is 5.11 Å². The zero-order chi connectivity index (χ0) is 11.2. The van der Waals surface area contributed by atoms with Gasteiger partial charge in [-0.3, -0.25) is 4.79 Å². The molecular weight excluding hydrogens is 267 g/mol. The van der Waals surface area contributed by atoms with Crippen LogP contribution in [0, 0.1) is 5.82 Å². The lowest BCUT2D eigenvalue weighted by Gasteiger charge is -2.14. The van der Waals surface area contributed by atoms with Gasteiger partial charge in [0.2, 0.25) is 0 Å². The topological polar surface area (TPSA) is 57.5 Å². The molecule has 0 aromatic heterocycles. The first-order chi connectivity index (χ1) is 6.99. The van der Waals surface area contributed by atoms with Crippen LogP contribution in [0.4, 0.5) is 4.39 Å². The second-order valence-electron chi connectivity index (χ2n) is 3.64. The van der Waals surface area contributed by atoms with Gasteiger partial charge in [-0.15, -0.1) is 0 Å². The number of phenolic OH excluding ortho intramolecular Hbond substituents is 1. The van der Waals surface area contributed by atoms with E-state index < -0.39 is 17.2 Å². The molecule has 0 amide bonds. The molecule has 1 saturated carbocycles. The highest BCUT2D eigenvalue weighted by atomic mass is 79.9. The minimum atomic E-state index is -1.15. The van der Waals surface area contributed by atoms with E-state index in [1.807, 2.05) is 0 Å². The van der Waals surface area contributed by atoms with Crippen molar-refractivity contribution in [2.75, 3.05) is 0 Å². The van der Waals surface area contributed by atoms with Crippen LogP contribution in [0.2, 0.25) is 0 Å².